The average Bonchev–Trinajstić information content (AvgIpc) is 2.75. The van der Waals surface area contributed by atoms with Crippen molar-refractivity contribution in [1.29, 1.82) is 0 Å². The van der Waals surface area contributed by atoms with Gasteiger partial charge in [-0.15, -0.1) is 0 Å². The van der Waals surface area contributed by atoms with Gasteiger partial charge in [0.05, 0.1) is 6.61 Å². The number of likely N-dealkylation sites (tertiary alicyclic amines) is 1. The summed E-state index contributed by atoms with van der Waals surface area (Å²) in [6, 6.07) is 17.3. The average molecular weight is 396 g/mol. The number of carbonyl (C=O) groups excluding carboxylic acids is 2. The third kappa shape index (κ3) is 6.32. The molecule has 2 N–H and O–H groups in total. The molecule has 6 heteroatoms. The van der Waals surface area contributed by atoms with Gasteiger partial charge in [0, 0.05) is 38.0 Å². The van der Waals surface area contributed by atoms with Gasteiger partial charge in [-0.2, -0.15) is 0 Å². The second kappa shape index (κ2) is 10.6. The minimum atomic E-state index is -0.0775. The lowest BCUT2D eigenvalue weighted by atomic mass is 9.90. The minimum Gasteiger partial charge on any atom is -0.383 e. The van der Waals surface area contributed by atoms with E-state index in [0.717, 1.165) is 38.0 Å². The van der Waals surface area contributed by atoms with Crippen LogP contribution in [-0.2, 0) is 11.2 Å². The van der Waals surface area contributed by atoms with Crippen LogP contribution in [-0.4, -0.2) is 50.2 Å². The van der Waals surface area contributed by atoms with Crippen LogP contribution in [0, 0.1) is 5.92 Å². The Morgan fingerprint density at radius 3 is 2.38 bits per heavy atom. The molecule has 0 aromatic heterocycles. The van der Waals surface area contributed by atoms with Crippen LogP contribution in [0.5, 0.6) is 0 Å². The second-order valence-corrected chi connectivity index (χ2v) is 7.38. The number of methoxy groups -OCH3 is 1. The molecular formula is C23H29N3O3. The van der Waals surface area contributed by atoms with E-state index in [1.165, 1.54) is 5.56 Å². The molecule has 1 heterocycles. The van der Waals surface area contributed by atoms with Crippen LogP contribution in [0.3, 0.4) is 0 Å². The fourth-order valence-electron chi connectivity index (χ4n) is 3.56. The summed E-state index contributed by atoms with van der Waals surface area (Å²) in [4.78, 5) is 26.3. The number of hydrogen-bond donors (Lipinski definition) is 2. The first-order valence-electron chi connectivity index (χ1n) is 10.1. The summed E-state index contributed by atoms with van der Waals surface area (Å²) in [6.45, 7) is 2.55. The van der Waals surface area contributed by atoms with Crippen molar-refractivity contribution in [3.63, 3.8) is 0 Å². The van der Waals surface area contributed by atoms with E-state index in [-0.39, 0.29) is 11.9 Å². The molecule has 2 aromatic carbocycles. The Morgan fingerprint density at radius 1 is 1.03 bits per heavy atom. The topological polar surface area (TPSA) is 70.7 Å². The van der Waals surface area contributed by atoms with Crippen molar-refractivity contribution in [2.24, 2.45) is 5.92 Å². The second-order valence-electron chi connectivity index (χ2n) is 7.38. The van der Waals surface area contributed by atoms with Crippen molar-refractivity contribution in [3.05, 3.63) is 65.7 Å². The number of urea groups is 1. The highest BCUT2D eigenvalue weighted by atomic mass is 16.5. The van der Waals surface area contributed by atoms with E-state index in [1.54, 1.807) is 7.11 Å². The normalized spacial score (nSPS) is 14.4. The van der Waals surface area contributed by atoms with Crippen LogP contribution in [0.15, 0.2) is 54.6 Å². The number of piperidine rings is 1. The molecule has 0 bridgehead atoms. The van der Waals surface area contributed by atoms with E-state index in [1.807, 2.05) is 59.5 Å². The maximum absolute atomic E-state index is 12.4. The molecule has 0 unspecified atom stereocenters. The van der Waals surface area contributed by atoms with E-state index in [0.29, 0.717) is 24.6 Å². The molecule has 3 amide bonds. The fraction of sp³-hybridized carbons (Fsp3) is 0.391. The number of nitrogens with one attached hydrogen (secondary N) is 2. The van der Waals surface area contributed by atoms with Crippen molar-refractivity contribution in [2.75, 3.05) is 38.7 Å². The van der Waals surface area contributed by atoms with Crippen molar-refractivity contribution in [3.8, 4) is 0 Å². The Morgan fingerprint density at radius 2 is 1.72 bits per heavy atom. The number of amides is 3. The molecule has 6 nitrogen and oxygen atoms in total. The first-order valence-corrected chi connectivity index (χ1v) is 10.1. The minimum absolute atomic E-state index is 0.0292. The van der Waals surface area contributed by atoms with Gasteiger partial charge in [0.15, 0.2) is 0 Å². The Hall–Kier alpha value is -2.86. The van der Waals surface area contributed by atoms with E-state index < -0.39 is 0 Å². The van der Waals surface area contributed by atoms with Crippen LogP contribution in [0.25, 0.3) is 0 Å². The number of nitrogens with zero attached hydrogens (tertiary/aromatic N) is 1. The maximum Gasteiger partial charge on any atom is 0.321 e. The molecule has 2 aromatic rings. The zero-order valence-electron chi connectivity index (χ0n) is 16.9. The molecule has 0 atom stereocenters. The molecular weight excluding hydrogens is 366 g/mol. The largest absolute Gasteiger partial charge is 0.383 e. The van der Waals surface area contributed by atoms with Crippen molar-refractivity contribution in [1.82, 2.24) is 10.2 Å². The number of hydrogen-bond acceptors (Lipinski definition) is 3. The highest BCUT2D eigenvalue weighted by molar-refractivity contribution is 5.94. The van der Waals surface area contributed by atoms with Crippen molar-refractivity contribution >= 4 is 17.6 Å². The number of benzene rings is 2. The van der Waals surface area contributed by atoms with Gasteiger partial charge >= 0.3 is 6.03 Å². The SMILES string of the molecule is COCCNC(=O)c1ccc(CC2CCN(C(=O)Nc3ccccc3)CC2)cc1. The summed E-state index contributed by atoms with van der Waals surface area (Å²) < 4.78 is 4.94. The summed E-state index contributed by atoms with van der Waals surface area (Å²) in [5, 5.41) is 5.78. The van der Waals surface area contributed by atoms with Crippen LogP contribution < -0.4 is 10.6 Å². The van der Waals surface area contributed by atoms with Gasteiger partial charge in [-0.25, -0.2) is 4.79 Å². The first-order chi connectivity index (χ1) is 14.2. The molecule has 0 aliphatic carbocycles. The Bertz CT molecular complexity index is 785. The maximum atomic E-state index is 12.4. The lowest BCUT2D eigenvalue weighted by Crippen LogP contribution is -2.41. The summed E-state index contributed by atoms with van der Waals surface area (Å²) in [6.07, 6.45) is 2.95. The van der Waals surface area contributed by atoms with E-state index in [2.05, 4.69) is 10.6 Å². The number of carbonyl (C=O) groups is 2. The van der Waals surface area contributed by atoms with Gasteiger partial charge in [-0.1, -0.05) is 30.3 Å². The van der Waals surface area contributed by atoms with Crippen LogP contribution >= 0.6 is 0 Å². The van der Waals surface area contributed by atoms with Gasteiger partial charge in [0.1, 0.15) is 0 Å². The van der Waals surface area contributed by atoms with Gasteiger partial charge < -0.3 is 20.3 Å². The molecule has 1 saturated heterocycles. The summed E-state index contributed by atoms with van der Waals surface area (Å²) in [5.74, 6) is 0.475. The van der Waals surface area contributed by atoms with Gasteiger partial charge in [0.25, 0.3) is 5.91 Å². The monoisotopic (exact) mass is 395 g/mol. The molecule has 154 valence electrons. The van der Waals surface area contributed by atoms with Crippen molar-refractivity contribution < 1.29 is 14.3 Å². The predicted octanol–water partition coefficient (Wildman–Crippen LogP) is 3.55. The lowest BCUT2D eigenvalue weighted by molar-refractivity contribution is 0.0937. The predicted molar refractivity (Wildman–Crippen MR) is 114 cm³/mol. The fourth-order valence-corrected chi connectivity index (χ4v) is 3.56. The van der Waals surface area contributed by atoms with Crippen molar-refractivity contribution in [2.45, 2.75) is 19.3 Å². The molecule has 29 heavy (non-hydrogen) atoms. The number of ether oxygens (including phenoxy) is 1. The molecule has 0 saturated carbocycles. The number of anilines is 1. The number of rotatable bonds is 7. The highest BCUT2D eigenvalue weighted by Gasteiger charge is 2.23. The van der Waals surface area contributed by atoms with Crippen LogP contribution in [0.4, 0.5) is 10.5 Å². The Kier molecular flexibility index (Phi) is 7.64. The van der Waals surface area contributed by atoms with Crippen LogP contribution in [0.1, 0.15) is 28.8 Å². The molecule has 3 rings (SSSR count). The highest BCUT2D eigenvalue weighted by Crippen LogP contribution is 2.22. The molecule has 0 radical (unpaired) electrons. The number of para-hydroxylation sites is 1. The van der Waals surface area contributed by atoms with Gasteiger partial charge in [-0.05, 0) is 55.0 Å². The van der Waals surface area contributed by atoms with Gasteiger partial charge in [0.2, 0.25) is 0 Å². The lowest BCUT2D eigenvalue weighted by Gasteiger charge is -2.32. The van der Waals surface area contributed by atoms with E-state index in [4.69, 9.17) is 4.74 Å². The Balaban J connectivity index is 1.43. The Labute approximate surface area is 172 Å². The zero-order chi connectivity index (χ0) is 20.5. The first kappa shape index (κ1) is 20.9. The van der Waals surface area contributed by atoms with E-state index >= 15 is 0 Å². The summed E-state index contributed by atoms with van der Waals surface area (Å²) in [7, 11) is 1.61. The summed E-state index contributed by atoms with van der Waals surface area (Å²) in [5.41, 5.74) is 2.72. The standard InChI is InChI=1S/C23H29N3O3/c1-29-16-13-24-22(27)20-9-7-18(8-10-20)17-19-11-14-26(15-12-19)23(28)25-21-5-3-2-4-6-21/h2-10,19H,11-17H2,1H3,(H,24,27)(H,25,28). The molecule has 1 aliphatic heterocycles. The zero-order valence-corrected chi connectivity index (χ0v) is 16.9. The molecule has 1 fully saturated rings. The third-order valence-electron chi connectivity index (χ3n) is 5.26. The van der Waals surface area contributed by atoms with E-state index in [9.17, 15) is 9.59 Å². The third-order valence-corrected chi connectivity index (χ3v) is 5.26. The summed E-state index contributed by atoms with van der Waals surface area (Å²) >= 11 is 0. The van der Waals surface area contributed by atoms with Crippen LogP contribution in [0.2, 0.25) is 0 Å². The molecule has 1 aliphatic rings. The quantitative estimate of drug-likeness (QED) is 0.705. The smallest absolute Gasteiger partial charge is 0.321 e. The molecule has 0 spiro atoms. The van der Waals surface area contributed by atoms with Gasteiger partial charge in [-0.3, -0.25) is 4.79 Å².